The van der Waals surface area contributed by atoms with E-state index in [1.165, 1.54) is 19.2 Å². The van der Waals surface area contributed by atoms with Crippen LogP contribution in [0.4, 0.5) is 0 Å². The van der Waals surface area contributed by atoms with Crippen LogP contribution in [0.3, 0.4) is 0 Å². The lowest BCUT2D eigenvalue weighted by Gasteiger charge is -2.23. The van der Waals surface area contributed by atoms with E-state index in [0.29, 0.717) is 11.3 Å². The maximum atomic E-state index is 9.58. The molecule has 0 amide bonds. The van der Waals surface area contributed by atoms with Crippen molar-refractivity contribution in [2.45, 2.75) is 18.0 Å². The number of aliphatic hydroxyl groups is 4. The van der Waals surface area contributed by atoms with Crippen LogP contribution in [0.25, 0.3) is 0 Å². The number of ether oxygens (including phenoxy) is 1. The molecule has 1 aromatic carbocycles. The smallest absolute Gasteiger partial charge is 0.225 e. The number of benzene rings is 1. The maximum absolute atomic E-state index is 9.58. The topological polar surface area (TPSA) is 90.2 Å². The Labute approximate surface area is 86.2 Å². The average Bonchev–Trinajstić information content (AvgIpc) is 2.40. The maximum Gasteiger partial charge on any atom is 0.225 e. The minimum absolute atomic E-state index is 0.270. The monoisotopic (exact) mass is 212 g/mol. The number of hydrogen-bond donors (Lipinski definition) is 4. The summed E-state index contributed by atoms with van der Waals surface area (Å²) in [6.07, 6.45) is -3.04. The molecule has 0 saturated carbocycles. The fraction of sp³-hybridized carbons (Fsp3) is 0.400. The summed E-state index contributed by atoms with van der Waals surface area (Å²) in [5.74, 6) is -2.05. The Morgan fingerprint density at radius 1 is 1.13 bits per heavy atom. The SMILES string of the molecule is COc1ccc2c(c1)C(O)C(O)(O)C2O. The Bertz CT molecular complexity index is 387. The third kappa shape index (κ3) is 1.32. The van der Waals surface area contributed by atoms with Crippen LogP contribution in [-0.4, -0.2) is 33.3 Å². The van der Waals surface area contributed by atoms with Crippen molar-refractivity contribution in [1.29, 1.82) is 0 Å². The van der Waals surface area contributed by atoms with E-state index in [9.17, 15) is 20.4 Å². The molecular weight excluding hydrogens is 200 g/mol. The van der Waals surface area contributed by atoms with Crippen LogP contribution in [0, 0.1) is 0 Å². The highest BCUT2D eigenvalue weighted by Crippen LogP contribution is 2.45. The van der Waals surface area contributed by atoms with E-state index < -0.39 is 18.0 Å². The second-order valence-electron chi connectivity index (χ2n) is 3.58. The van der Waals surface area contributed by atoms with E-state index in [4.69, 9.17) is 4.74 Å². The van der Waals surface area contributed by atoms with E-state index in [1.54, 1.807) is 6.07 Å². The van der Waals surface area contributed by atoms with Gasteiger partial charge in [0.1, 0.15) is 18.0 Å². The number of hydrogen-bond acceptors (Lipinski definition) is 5. The minimum Gasteiger partial charge on any atom is -0.497 e. The van der Waals surface area contributed by atoms with E-state index in [1.807, 2.05) is 0 Å². The summed E-state index contributed by atoms with van der Waals surface area (Å²) in [6, 6.07) is 4.55. The number of aliphatic hydroxyl groups excluding tert-OH is 2. The van der Waals surface area contributed by atoms with Crippen molar-refractivity contribution in [2.75, 3.05) is 7.11 Å². The molecule has 0 fully saturated rings. The predicted octanol–water partition coefficient (Wildman–Crippen LogP) is -0.544. The molecule has 2 atom stereocenters. The lowest BCUT2D eigenvalue weighted by atomic mass is 10.1. The van der Waals surface area contributed by atoms with Crippen LogP contribution in [0.5, 0.6) is 5.75 Å². The first-order chi connectivity index (χ1) is 6.98. The van der Waals surface area contributed by atoms with Crippen LogP contribution in [0.1, 0.15) is 23.3 Å². The van der Waals surface area contributed by atoms with Gasteiger partial charge in [-0.2, -0.15) is 0 Å². The molecule has 2 rings (SSSR count). The Morgan fingerprint density at radius 3 is 2.33 bits per heavy atom. The van der Waals surface area contributed by atoms with Gasteiger partial charge in [-0.25, -0.2) is 0 Å². The van der Waals surface area contributed by atoms with Gasteiger partial charge in [-0.3, -0.25) is 0 Å². The van der Waals surface area contributed by atoms with Crippen LogP contribution < -0.4 is 4.74 Å². The average molecular weight is 212 g/mol. The zero-order chi connectivity index (χ0) is 11.2. The van der Waals surface area contributed by atoms with Crippen molar-refractivity contribution in [3.63, 3.8) is 0 Å². The van der Waals surface area contributed by atoms with Crippen LogP contribution in [-0.2, 0) is 0 Å². The number of rotatable bonds is 1. The van der Waals surface area contributed by atoms with E-state index in [-0.39, 0.29) is 5.56 Å². The molecule has 0 bridgehead atoms. The normalized spacial score (nSPS) is 27.5. The predicted molar refractivity (Wildman–Crippen MR) is 50.1 cm³/mol. The molecule has 1 aromatic rings. The molecule has 4 N–H and O–H groups in total. The molecule has 0 spiro atoms. The third-order valence-electron chi connectivity index (χ3n) is 2.69. The number of fused-ring (bicyclic) bond motifs is 1. The number of methoxy groups -OCH3 is 1. The first kappa shape index (κ1) is 10.4. The zero-order valence-electron chi connectivity index (χ0n) is 8.08. The molecule has 0 heterocycles. The Hall–Kier alpha value is -1.14. The largest absolute Gasteiger partial charge is 0.497 e. The van der Waals surface area contributed by atoms with Crippen molar-refractivity contribution in [2.24, 2.45) is 0 Å². The van der Waals surface area contributed by atoms with Gasteiger partial charge >= 0.3 is 0 Å². The van der Waals surface area contributed by atoms with Crippen LogP contribution in [0.2, 0.25) is 0 Å². The molecule has 0 aliphatic heterocycles. The van der Waals surface area contributed by atoms with Gasteiger partial charge in [-0.15, -0.1) is 0 Å². The molecule has 15 heavy (non-hydrogen) atoms. The summed E-state index contributed by atoms with van der Waals surface area (Å²) in [7, 11) is 1.46. The summed E-state index contributed by atoms with van der Waals surface area (Å²) in [6.45, 7) is 0. The first-order valence-corrected chi connectivity index (χ1v) is 4.47. The summed E-state index contributed by atoms with van der Waals surface area (Å²) in [5.41, 5.74) is 0.570. The van der Waals surface area contributed by atoms with E-state index >= 15 is 0 Å². The van der Waals surface area contributed by atoms with Crippen molar-refractivity contribution in [3.8, 4) is 5.75 Å². The molecule has 5 heteroatoms. The van der Waals surface area contributed by atoms with Crippen molar-refractivity contribution in [1.82, 2.24) is 0 Å². The third-order valence-corrected chi connectivity index (χ3v) is 2.69. The molecule has 2 unspecified atom stereocenters. The van der Waals surface area contributed by atoms with E-state index in [0.717, 1.165) is 0 Å². The van der Waals surface area contributed by atoms with E-state index in [2.05, 4.69) is 0 Å². The quantitative estimate of drug-likeness (QED) is 0.469. The van der Waals surface area contributed by atoms with Gasteiger partial charge in [0.2, 0.25) is 5.79 Å². The van der Waals surface area contributed by atoms with Gasteiger partial charge in [0.05, 0.1) is 7.11 Å². The van der Waals surface area contributed by atoms with Gasteiger partial charge in [0, 0.05) is 0 Å². The summed E-state index contributed by atoms with van der Waals surface area (Å²) in [4.78, 5) is 0. The van der Waals surface area contributed by atoms with Crippen molar-refractivity contribution >= 4 is 0 Å². The summed E-state index contributed by atoms with van der Waals surface area (Å²) < 4.78 is 4.94. The zero-order valence-corrected chi connectivity index (χ0v) is 8.08. The minimum atomic E-state index is -2.53. The molecule has 5 nitrogen and oxygen atoms in total. The highest BCUT2D eigenvalue weighted by molar-refractivity contribution is 5.44. The van der Waals surface area contributed by atoms with Gasteiger partial charge in [-0.1, -0.05) is 6.07 Å². The second kappa shape index (κ2) is 3.18. The highest BCUT2D eigenvalue weighted by Gasteiger charge is 2.50. The fourth-order valence-corrected chi connectivity index (χ4v) is 1.77. The van der Waals surface area contributed by atoms with Crippen LogP contribution >= 0.6 is 0 Å². The fourth-order valence-electron chi connectivity index (χ4n) is 1.77. The lowest BCUT2D eigenvalue weighted by molar-refractivity contribution is -0.268. The molecular formula is C10H12O5. The molecule has 0 saturated heterocycles. The van der Waals surface area contributed by atoms with Gasteiger partial charge < -0.3 is 25.2 Å². The molecule has 82 valence electrons. The lowest BCUT2D eigenvalue weighted by Crippen LogP contribution is -2.36. The van der Waals surface area contributed by atoms with Gasteiger partial charge in [0.15, 0.2) is 0 Å². The van der Waals surface area contributed by atoms with Crippen molar-refractivity contribution < 1.29 is 25.2 Å². The molecule has 1 aliphatic carbocycles. The second-order valence-corrected chi connectivity index (χ2v) is 3.58. The van der Waals surface area contributed by atoms with Crippen molar-refractivity contribution in [3.05, 3.63) is 29.3 Å². The Kier molecular flexibility index (Phi) is 2.20. The van der Waals surface area contributed by atoms with Crippen LogP contribution in [0.15, 0.2) is 18.2 Å². The molecule has 0 aromatic heterocycles. The standard InChI is InChI=1S/C10H12O5/c1-15-5-2-3-6-7(4-5)9(12)10(13,14)8(6)11/h2-4,8-9,11-14H,1H3. The highest BCUT2D eigenvalue weighted by atomic mass is 16.5. The summed E-state index contributed by atoms with van der Waals surface area (Å²) >= 11 is 0. The molecule has 1 aliphatic rings. The van der Waals surface area contributed by atoms with Gasteiger partial charge in [0.25, 0.3) is 0 Å². The Balaban J connectivity index is 2.53. The Morgan fingerprint density at radius 2 is 1.73 bits per heavy atom. The first-order valence-electron chi connectivity index (χ1n) is 4.47. The molecule has 0 radical (unpaired) electrons. The van der Waals surface area contributed by atoms with Gasteiger partial charge in [-0.05, 0) is 23.3 Å². The summed E-state index contributed by atoms with van der Waals surface area (Å²) in [5, 5.41) is 38.0.